The smallest absolute Gasteiger partial charge is 0.262 e. The summed E-state index contributed by atoms with van der Waals surface area (Å²) in [6, 6.07) is 13.3. The molecule has 2 rings (SSSR count). The van der Waals surface area contributed by atoms with Crippen molar-refractivity contribution < 1.29 is 14.3 Å². The van der Waals surface area contributed by atoms with Crippen LogP contribution in [0.4, 0.5) is 5.69 Å². The van der Waals surface area contributed by atoms with E-state index in [9.17, 15) is 9.59 Å². The van der Waals surface area contributed by atoms with Gasteiger partial charge in [-0.3, -0.25) is 9.59 Å². The van der Waals surface area contributed by atoms with E-state index in [0.29, 0.717) is 24.3 Å². The van der Waals surface area contributed by atoms with Crippen LogP contribution in [0.5, 0.6) is 5.75 Å². The molecule has 0 unspecified atom stereocenters. The maximum absolute atomic E-state index is 12.3. The predicted octanol–water partition coefficient (Wildman–Crippen LogP) is 4.44. The molecule has 0 spiro atoms. The Morgan fingerprint density at radius 3 is 2.32 bits per heavy atom. The van der Waals surface area contributed by atoms with E-state index in [1.54, 1.807) is 7.05 Å². The largest absolute Gasteiger partial charge is 0.483 e. The second-order valence-electron chi connectivity index (χ2n) is 7.60. The first-order valence-corrected chi connectivity index (χ1v) is 10.0. The lowest BCUT2D eigenvalue weighted by molar-refractivity contribution is -0.120. The molecule has 2 amide bonds. The molecule has 0 saturated carbocycles. The first-order chi connectivity index (χ1) is 13.2. The quantitative estimate of drug-likeness (QED) is 0.660. The first kappa shape index (κ1) is 22.0. The van der Waals surface area contributed by atoms with Crippen LogP contribution in [0.2, 0.25) is 0 Å². The molecule has 0 saturated heterocycles. The van der Waals surface area contributed by atoms with Gasteiger partial charge in [-0.15, -0.1) is 0 Å². The number of anilines is 1. The Labute approximate surface area is 175 Å². The van der Waals surface area contributed by atoms with Crippen molar-refractivity contribution in [2.45, 2.75) is 39.0 Å². The Morgan fingerprint density at radius 2 is 1.71 bits per heavy atom. The minimum Gasteiger partial charge on any atom is -0.483 e. The number of halogens is 1. The Balaban J connectivity index is 1.92. The molecule has 2 aromatic rings. The lowest BCUT2D eigenvalue weighted by Gasteiger charge is -2.23. The molecule has 0 fully saturated rings. The van der Waals surface area contributed by atoms with E-state index in [4.69, 9.17) is 4.74 Å². The molecule has 0 aliphatic carbocycles. The summed E-state index contributed by atoms with van der Waals surface area (Å²) in [6.07, 6.45) is 1.11. The number of rotatable bonds is 7. The fraction of sp³-hybridized carbons (Fsp3) is 0.364. The van der Waals surface area contributed by atoms with Crippen molar-refractivity contribution in [1.82, 2.24) is 5.32 Å². The van der Waals surface area contributed by atoms with Crippen LogP contribution in [0, 0.1) is 0 Å². The molecule has 2 aromatic carbocycles. The number of aryl methyl sites for hydroxylation is 1. The zero-order chi connectivity index (χ0) is 20.7. The Morgan fingerprint density at radius 1 is 1.04 bits per heavy atom. The van der Waals surface area contributed by atoms with Gasteiger partial charge in [0.05, 0.1) is 0 Å². The van der Waals surface area contributed by atoms with Crippen LogP contribution in [0.25, 0.3) is 0 Å². The van der Waals surface area contributed by atoms with Gasteiger partial charge in [0.2, 0.25) is 5.91 Å². The number of nitrogens with one attached hydrogen (secondary N) is 2. The summed E-state index contributed by atoms with van der Waals surface area (Å²) in [5.41, 5.74) is 2.68. The Hall–Kier alpha value is -2.34. The van der Waals surface area contributed by atoms with Crippen LogP contribution in [0.3, 0.4) is 0 Å². The number of amides is 2. The molecule has 0 bridgehead atoms. The maximum atomic E-state index is 12.3. The van der Waals surface area contributed by atoms with E-state index in [2.05, 4.69) is 47.3 Å². The van der Waals surface area contributed by atoms with Gasteiger partial charge in [-0.25, -0.2) is 0 Å². The van der Waals surface area contributed by atoms with E-state index in [0.717, 1.165) is 15.6 Å². The molecular formula is C22H27BrN2O3. The van der Waals surface area contributed by atoms with Crippen LogP contribution in [-0.2, 0) is 21.4 Å². The Bertz CT molecular complexity index is 827. The van der Waals surface area contributed by atoms with Crippen LogP contribution < -0.4 is 15.4 Å². The SMILES string of the molecule is CNC(=O)CCc1ccc(NC(=O)COc2ccc(Br)cc2C(C)(C)C)cc1. The highest BCUT2D eigenvalue weighted by Crippen LogP contribution is 2.33. The average molecular weight is 447 g/mol. The molecule has 0 aliphatic heterocycles. The number of hydrogen-bond acceptors (Lipinski definition) is 3. The molecule has 5 nitrogen and oxygen atoms in total. The zero-order valence-corrected chi connectivity index (χ0v) is 18.4. The number of hydrogen-bond donors (Lipinski definition) is 2. The lowest BCUT2D eigenvalue weighted by Crippen LogP contribution is -2.22. The van der Waals surface area contributed by atoms with Crippen LogP contribution in [0.15, 0.2) is 46.9 Å². The summed E-state index contributed by atoms with van der Waals surface area (Å²) in [4.78, 5) is 23.6. The molecule has 28 heavy (non-hydrogen) atoms. The van der Waals surface area contributed by atoms with Gasteiger partial charge < -0.3 is 15.4 Å². The van der Waals surface area contributed by atoms with Gasteiger partial charge in [-0.2, -0.15) is 0 Å². The van der Waals surface area contributed by atoms with Crippen molar-refractivity contribution in [3.05, 3.63) is 58.1 Å². The summed E-state index contributed by atoms with van der Waals surface area (Å²) in [5, 5.41) is 5.44. The third-order valence-corrected chi connectivity index (χ3v) is 4.76. The second kappa shape index (κ2) is 9.73. The van der Waals surface area contributed by atoms with Gasteiger partial charge in [0, 0.05) is 29.2 Å². The molecule has 0 heterocycles. The maximum Gasteiger partial charge on any atom is 0.262 e. The molecule has 0 aromatic heterocycles. The van der Waals surface area contributed by atoms with Gasteiger partial charge in [-0.1, -0.05) is 48.8 Å². The summed E-state index contributed by atoms with van der Waals surface area (Å²) in [5.74, 6) is 0.494. The monoisotopic (exact) mass is 446 g/mol. The third-order valence-electron chi connectivity index (χ3n) is 4.27. The highest BCUT2D eigenvalue weighted by molar-refractivity contribution is 9.10. The van der Waals surface area contributed by atoms with Crippen LogP contribution in [-0.4, -0.2) is 25.5 Å². The van der Waals surface area contributed by atoms with Crippen LogP contribution in [0.1, 0.15) is 38.3 Å². The minimum atomic E-state index is -0.221. The third kappa shape index (κ3) is 6.68. The van der Waals surface area contributed by atoms with Gasteiger partial charge in [0.25, 0.3) is 5.91 Å². The Kier molecular flexibility index (Phi) is 7.63. The average Bonchev–Trinajstić information content (AvgIpc) is 2.65. The fourth-order valence-electron chi connectivity index (χ4n) is 2.69. The summed E-state index contributed by atoms with van der Waals surface area (Å²) < 4.78 is 6.75. The molecular weight excluding hydrogens is 420 g/mol. The van der Waals surface area contributed by atoms with Gasteiger partial charge in [0.15, 0.2) is 6.61 Å². The van der Waals surface area contributed by atoms with Gasteiger partial charge in [0.1, 0.15) is 5.75 Å². The van der Waals surface area contributed by atoms with E-state index in [-0.39, 0.29) is 23.8 Å². The molecule has 2 N–H and O–H groups in total. The van der Waals surface area contributed by atoms with Crippen molar-refractivity contribution in [2.75, 3.05) is 19.0 Å². The highest BCUT2D eigenvalue weighted by atomic mass is 79.9. The van der Waals surface area contributed by atoms with Crippen LogP contribution >= 0.6 is 15.9 Å². The fourth-order valence-corrected chi connectivity index (χ4v) is 3.05. The number of benzene rings is 2. The minimum absolute atomic E-state index is 0.0112. The van der Waals surface area contributed by atoms with E-state index >= 15 is 0 Å². The number of carbonyl (C=O) groups is 2. The van der Waals surface area contributed by atoms with E-state index in [1.807, 2.05) is 42.5 Å². The molecule has 0 aliphatic rings. The lowest BCUT2D eigenvalue weighted by atomic mass is 9.86. The van der Waals surface area contributed by atoms with Crippen molar-refractivity contribution in [2.24, 2.45) is 0 Å². The molecule has 0 atom stereocenters. The normalized spacial score (nSPS) is 11.0. The molecule has 0 radical (unpaired) electrons. The van der Waals surface area contributed by atoms with Crippen molar-refractivity contribution in [3.8, 4) is 5.75 Å². The summed E-state index contributed by atoms with van der Waals surface area (Å²) >= 11 is 3.48. The number of carbonyl (C=O) groups excluding carboxylic acids is 2. The molecule has 6 heteroatoms. The van der Waals surface area contributed by atoms with Gasteiger partial charge in [-0.05, 0) is 47.7 Å². The highest BCUT2D eigenvalue weighted by Gasteiger charge is 2.20. The summed E-state index contributed by atoms with van der Waals surface area (Å²) in [7, 11) is 1.63. The summed E-state index contributed by atoms with van der Waals surface area (Å²) in [6.45, 7) is 6.25. The van der Waals surface area contributed by atoms with E-state index in [1.165, 1.54) is 0 Å². The topological polar surface area (TPSA) is 67.4 Å². The second-order valence-corrected chi connectivity index (χ2v) is 8.51. The number of ether oxygens (including phenoxy) is 1. The van der Waals surface area contributed by atoms with E-state index < -0.39 is 0 Å². The van der Waals surface area contributed by atoms with Crippen molar-refractivity contribution in [3.63, 3.8) is 0 Å². The predicted molar refractivity (Wildman–Crippen MR) is 116 cm³/mol. The zero-order valence-electron chi connectivity index (χ0n) is 16.8. The van der Waals surface area contributed by atoms with Crippen molar-refractivity contribution >= 4 is 33.4 Å². The molecule has 150 valence electrons. The standard InChI is InChI=1S/C22H27BrN2O3/c1-22(2,3)18-13-16(23)8-11-19(18)28-14-21(27)25-17-9-5-15(6-10-17)7-12-20(26)24-4/h5-6,8-11,13H,7,12,14H2,1-4H3,(H,24,26)(H,25,27). The van der Waals surface area contributed by atoms with Gasteiger partial charge >= 0.3 is 0 Å². The van der Waals surface area contributed by atoms with Crippen molar-refractivity contribution in [1.29, 1.82) is 0 Å². The first-order valence-electron chi connectivity index (χ1n) is 9.21.